The zero-order chi connectivity index (χ0) is 31.1. The highest BCUT2D eigenvalue weighted by atomic mass is 32.1. The average molecular weight is 637 g/mol. The van der Waals surface area contributed by atoms with Gasteiger partial charge in [-0.3, -0.25) is 9.59 Å². The molecule has 5 rings (SSSR count). The lowest BCUT2D eigenvalue weighted by atomic mass is 10.1. The van der Waals surface area contributed by atoms with Gasteiger partial charge in [0.15, 0.2) is 0 Å². The molecule has 234 valence electrons. The number of amides is 2. The highest BCUT2D eigenvalue weighted by Crippen LogP contribution is 2.39. The first-order valence-electron chi connectivity index (χ1n) is 15.8. The fourth-order valence-corrected chi connectivity index (χ4v) is 8.30. The summed E-state index contributed by atoms with van der Waals surface area (Å²) in [4.78, 5) is 54.9. The second kappa shape index (κ2) is 15.0. The number of esters is 2. The maximum absolute atomic E-state index is 13.3. The fraction of sp³-hybridized carbons (Fsp3) is 0.471. The zero-order valence-electron chi connectivity index (χ0n) is 25.5. The highest BCUT2D eigenvalue weighted by molar-refractivity contribution is 7.17. The summed E-state index contributed by atoms with van der Waals surface area (Å²) < 4.78 is 11.0. The summed E-state index contributed by atoms with van der Waals surface area (Å²) in [5, 5.41) is 6.93. The van der Waals surface area contributed by atoms with Crippen molar-refractivity contribution in [3.8, 4) is 0 Å². The fourth-order valence-electron chi connectivity index (χ4n) is 5.75. The van der Waals surface area contributed by atoms with Gasteiger partial charge in [-0.2, -0.15) is 0 Å². The van der Waals surface area contributed by atoms with Crippen molar-refractivity contribution in [1.29, 1.82) is 0 Å². The van der Waals surface area contributed by atoms with Crippen LogP contribution in [0.25, 0.3) is 0 Å². The molecule has 0 bridgehead atoms. The van der Waals surface area contributed by atoms with E-state index in [4.69, 9.17) is 9.47 Å². The van der Waals surface area contributed by atoms with E-state index in [1.165, 1.54) is 22.7 Å². The van der Waals surface area contributed by atoms with E-state index in [2.05, 4.69) is 10.6 Å². The molecule has 2 aliphatic carbocycles. The number of carbonyl (C=O) groups excluding carboxylic acids is 4. The Morgan fingerprint density at radius 3 is 1.39 bits per heavy atom. The molecule has 0 fully saturated rings. The van der Waals surface area contributed by atoms with Crippen LogP contribution < -0.4 is 10.6 Å². The Labute approximate surface area is 266 Å². The predicted octanol–water partition coefficient (Wildman–Crippen LogP) is 7.99. The molecule has 10 heteroatoms. The molecule has 1 aromatic carbocycles. The minimum absolute atomic E-state index is 0.329. The van der Waals surface area contributed by atoms with Crippen LogP contribution in [0.15, 0.2) is 24.3 Å². The number of carbonyl (C=O) groups is 4. The second-order valence-electron chi connectivity index (χ2n) is 11.3. The first-order valence-corrected chi connectivity index (χ1v) is 17.4. The van der Waals surface area contributed by atoms with Crippen molar-refractivity contribution in [3.05, 3.63) is 67.4 Å². The number of anilines is 2. The van der Waals surface area contributed by atoms with E-state index in [9.17, 15) is 19.2 Å². The molecule has 2 aliphatic rings. The number of benzene rings is 1. The van der Waals surface area contributed by atoms with E-state index in [1.54, 1.807) is 24.3 Å². The monoisotopic (exact) mass is 636 g/mol. The van der Waals surface area contributed by atoms with Crippen molar-refractivity contribution >= 4 is 56.4 Å². The summed E-state index contributed by atoms with van der Waals surface area (Å²) in [6.07, 6.45) is 11.2. The highest BCUT2D eigenvalue weighted by Gasteiger charge is 2.28. The normalized spacial score (nSPS) is 14.4. The number of aryl methyl sites for hydroxylation is 2. The minimum Gasteiger partial charge on any atom is -0.462 e. The van der Waals surface area contributed by atoms with Crippen LogP contribution in [-0.2, 0) is 35.2 Å². The third-order valence-electron chi connectivity index (χ3n) is 7.99. The van der Waals surface area contributed by atoms with E-state index >= 15 is 0 Å². The van der Waals surface area contributed by atoms with E-state index in [0.717, 1.165) is 97.9 Å². The van der Waals surface area contributed by atoms with Crippen LogP contribution in [0, 0.1) is 0 Å². The number of rotatable bonds is 10. The molecule has 0 spiro atoms. The van der Waals surface area contributed by atoms with E-state index in [0.29, 0.717) is 45.5 Å². The number of hydrogen-bond donors (Lipinski definition) is 2. The first-order chi connectivity index (χ1) is 21.4. The molecule has 2 heterocycles. The number of hydrogen-bond acceptors (Lipinski definition) is 8. The van der Waals surface area contributed by atoms with Gasteiger partial charge in [-0.1, -0.05) is 26.7 Å². The van der Waals surface area contributed by atoms with Gasteiger partial charge in [0.05, 0.1) is 24.3 Å². The molecule has 0 radical (unpaired) electrons. The molecular weight excluding hydrogens is 597 g/mol. The van der Waals surface area contributed by atoms with Crippen molar-refractivity contribution < 1.29 is 28.7 Å². The van der Waals surface area contributed by atoms with E-state index < -0.39 is 11.9 Å². The smallest absolute Gasteiger partial charge is 0.341 e. The Hall–Kier alpha value is -3.50. The van der Waals surface area contributed by atoms with Gasteiger partial charge >= 0.3 is 11.9 Å². The van der Waals surface area contributed by atoms with Crippen LogP contribution in [0.5, 0.6) is 0 Å². The third kappa shape index (κ3) is 7.24. The lowest BCUT2D eigenvalue weighted by molar-refractivity contribution is 0.0496. The van der Waals surface area contributed by atoms with Gasteiger partial charge in [-0.15, -0.1) is 22.7 Å². The molecule has 2 aromatic heterocycles. The number of ether oxygens (including phenoxy) is 2. The quantitative estimate of drug-likeness (QED) is 0.172. The SMILES string of the molecule is CCCOC(=O)c1c(NC(=O)c2ccc(C(=O)Nc3sc4c(c3C(=O)OCCC)CCCCC4)cc2)sc2c1CCCCC2. The van der Waals surface area contributed by atoms with Crippen LogP contribution >= 0.6 is 22.7 Å². The van der Waals surface area contributed by atoms with Crippen molar-refractivity contribution in [3.63, 3.8) is 0 Å². The van der Waals surface area contributed by atoms with Crippen LogP contribution in [-0.4, -0.2) is 37.0 Å². The molecule has 0 saturated carbocycles. The van der Waals surface area contributed by atoms with Crippen molar-refractivity contribution in [1.82, 2.24) is 0 Å². The maximum Gasteiger partial charge on any atom is 0.341 e. The van der Waals surface area contributed by atoms with Crippen LogP contribution in [0.3, 0.4) is 0 Å². The van der Waals surface area contributed by atoms with Crippen LogP contribution in [0.4, 0.5) is 10.0 Å². The first kappa shape index (κ1) is 31.9. The molecule has 0 unspecified atom stereocenters. The van der Waals surface area contributed by atoms with Gasteiger partial charge in [0.1, 0.15) is 10.0 Å². The summed E-state index contributed by atoms with van der Waals surface area (Å²) in [5.74, 6) is -1.50. The van der Waals surface area contributed by atoms with Crippen LogP contribution in [0.2, 0.25) is 0 Å². The topological polar surface area (TPSA) is 111 Å². The number of nitrogens with one attached hydrogen (secondary N) is 2. The average Bonchev–Trinajstić information content (AvgIpc) is 3.31. The molecule has 0 saturated heterocycles. The Kier molecular flexibility index (Phi) is 10.9. The molecule has 2 amide bonds. The van der Waals surface area contributed by atoms with Gasteiger partial charge in [0.25, 0.3) is 11.8 Å². The molecule has 0 atom stereocenters. The van der Waals surface area contributed by atoms with Gasteiger partial charge in [0, 0.05) is 20.9 Å². The Bertz CT molecular complexity index is 1410. The van der Waals surface area contributed by atoms with E-state index in [1.807, 2.05) is 13.8 Å². The lowest BCUT2D eigenvalue weighted by Crippen LogP contribution is -2.17. The molecule has 0 aliphatic heterocycles. The molecule has 44 heavy (non-hydrogen) atoms. The van der Waals surface area contributed by atoms with Gasteiger partial charge < -0.3 is 20.1 Å². The van der Waals surface area contributed by atoms with Crippen LogP contribution in [0.1, 0.15) is 128 Å². The van der Waals surface area contributed by atoms with Crippen molar-refractivity contribution in [2.75, 3.05) is 23.8 Å². The van der Waals surface area contributed by atoms with Gasteiger partial charge in [-0.25, -0.2) is 9.59 Å². The number of thiophene rings is 2. The molecule has 8 nitrogen and oxygen atoms in total. The number of fused-ring (bicyclic) bond motifs is 2. The molecular formula is C34H40N2O6S2. The largest absolute Gasteiger partial charge is 0.462 e. The molecule has 3 aromatic rings. The summed E-state index contributed by atoms with van der Waals surface area (Å²) in [5.41, 5.74) is 3.69. The zero-order valence-corrected chi connectivity index (χ0v) is 27.1. The Balaban J connectivity index is 1.32. The second-order valence-corrected chi connectivity index (χ2v) is 13.5. The van der Waals surface area contributed by atoms with Gasteiger partial charge in [0.2, 0.25) is 0 Å². The third-order valence-corrected chi connectivity index (χ3v) is 10.4. The summed E-state index contributed by atoms with van der Waals surface area (Å²) in [7, 11) is 0. The van der Waals surface area contributed by atoms with Crippen molar-refractivity contribution in [2.45, 2.75) is 90.9 Å². The standard InChI is InChI=1S/C34H40N2O6S2/c1-3-19-41-33(39)27-23-11-7-5-9-13-25(23)43-31(27)35-29(37)21-15-17-22(18-16-21)30(38)36-32-28(34(40)42-20-4-2)24-12-8-6-10-14-26(24)44-32/h15-18H,3-14,19-20H2,1-2H3,(H,35,37)(H,36,38). The Morgan fingerprint density at radius 1 is 0.614 bits per heavy atom. The summed E-state index contributed by atoms with van der Waals surface area (Å²) in [6, 6.07) is 6.38. The lowest BCUT2D eigenvalue weighted by Gasteiger charge is -2.10. The minimum atomic E-state index is -0.391. The summed E-state index contributed by atoms with van der Waals surface area (Å²) in [6.45, 7) is 4.55. The Morgan fingerprint density at radius 2 is 1.00 bits per heavy atom. The van der Waals surface area contributed by atoms with Crippen molar-refractivity contribution in [2.24, 2.45) is 0 Å². The molecule has 2 N–H and O–H groups in total. The summed E-state index contributed by atoms with van der Waals surface area (Å²) >= 11 is 2.91. The van der Waals surface area contributed by atoms with E-state index in [-0.39, 0.29) is 11.8 Å². The van der Waals surface area contributed by atoms with Gasteiger partial charge in [-0.05, 0) is 99.6 Å². The predicted molar refractivity (Wildman–Crippen MR) is 175 cm³/mol. The maximum atomic E-state index is 13.3.